The summed E-state index contributed by atoms with van der Waals surface area (Å²) in [6, 6.07) is 9.97. The molecule has 1 fully saturated rings. The molecule has 3 aromatic rings. The van der Waals surface area contributed by atoms with Crippen molar-refractivity contribution in [1.29, 1.82) is 0 Å². The predicted molar refractivity (Wildman–Crippen MR) is 113 cm³/mol. The van der Waals surface area contributed by atoms with Crippen LogP contribution in [0.1, 0.15) is 12.8 Å². The van der Waals surface area contributed by atoms with Crippen LogP contribution in [-0.2, 0) is 4.79 Å². The SMILES string of the molecule is COc1ccc(NC(=O)C2CCN(c3nc4ccc(F)cc4s3)CC2)cc1OC. The fourth-order valence-corrected chi connectivity index (χ4v) is 4.55. The van der Waals surface area contributed by atoms with Crippen LogP contribution in [0.4, 0.5) is 15.2 Å². The van der Waals surface area contributed by atoms with Crippen LogP contribution in [0.25, 0.3) is 10.2 Å². The second kappa shape index (κ2) is 8.24. The van der Waals surface area contributed by atoms with E-state index in [1.165, 1.54) is 23.5 Å². The van der Waals surface area contributed by atoms with E-state index in [4.69, 9.17) is 9.47 Å². The minimum Gasteiger partial charge on any atom is -0.493 e. The van der Waals surface area contributed by atoms with Gasteiger partial charge in [-0.25, -0.2) is 9.37 Å². The maximum Gasteiger partial charge on any atom is 0.227 e. The minimum atomic E-state index is -0.252. The van der Waals surface area contributed by atoms with Gasteiger partial charge in [0, 0.05) is 30.8 Å². The molecule has 8 heteroatoms. The van der Waals surface area contributed by atoms with E-state index in [-0.39, 0.29) is 17.6 Å². The Labute approximate surface area is 172 Å². The second-order valence-corrected chi connectivity index (χ2v) is 7.94. The average Bonchev–Trinajstić information content (AvgIpc) is 3.17. The van der Waals surface area contributed by atoms with E-state index in [0.29, 0.717) is 17.2 Å². The average molecular weight is 415 g/mol. The highest BCUT2D eigenvalue weighted by Gasteiger charge is 2.26. The molecule has 1 amide bonds. The van der Waals surface area contributed by atoms with Crippen molar-refractivity contribution < 1.29 is 18.7 Å². The summed E-state index contributed by atoms with van der Waals surface area (Å²) < 4.78 is 24.8. The number of aromatic nitrogens is 1. The number of carbonyl (C=O) groups is 1. The summed E-state index contributed by atoms with van der Waals surface area (Å²) in [5.41, 5.74) is 1.49. The molecule has 0 spiro atoms. The first-order valence-corrected chi connectivity index (χ1v) is 10.2. The number of hydrogen-bond donors (Lipinski definition) is 1. The van der Waals surface area contributed by atoms with E-state index in [9.17, 15) is 9.18 Å². The summed E-state index contributed by atoms with van der Waals surface area (Å²) in [6.07, 6.45) is 1.48. The Morgan fingerprint density at radius 1 is 1.14 bits per heavy atom. The Morgan fingerprint density at radius 3 is 2.62 bits per heavy atom. The van der Waals surface area contributed by atoms with E-state index >= 15 is 0 Å². The van der Waals surface area contributed by atoms with Crippen LogP contribution in [0.15, 0.2) is 36.4 Å². The van der Waals surface area contributed by atoms with E-state index in [1.54, 1.807) is 38.5 Å². The molecule has 6 nitrogen and oxygen atoms in total. The molecule has 0 unspecified atom stereocenters. The highest BCUT2D eigenvalue weighted by atomic mass is 32.1. The van der Waals surface area contributed by atoms with Crippen LogP contribution in [0.5, 0.6) is 11.5 Å². The minimum absolute atomic E-state index is 0.00300. The Morgan fingerprint density at radius 2 is 1.90 bits per heavy atom. The maximum atomic E-state index is 13.4. The van der Waals surface area contributed by atoms with Gasteiger partial charge in [-0.2, -0.15) is 0 Å². The Bertz CT molecular complexity index is 1030. The third-order valence-electron chi connectivity index (χ3n) is 5.13. The molecule has 1 aliphatic heterocycles. The molecule has 1 N–H and O–H groups in total. The third kappa shape index (κ3) is 4.12. The number of thiazole rings is 1. The fraction of sp³-hybridized carbons (Fsp3) is 0.333. The zero-order chi connectivity index (χ0) is 20.4. The number of rotatable bonds is 5. The number of piperidine rings is 1. The highest BCUT2D eigenvalue weighted by Crippen LogP contribution is 2.33. The van der Waals surface area contributed by atoms with Crippen molar-refractivity contribution >= 4 is 38.3 Å². The smallest absolute Gasteiger partial charge is 0.227 e. The highest BCUT2D eigenvalue weighted by molar-refractivity contribution is 7.22. The summed E-state index contributed by atoms with van der Waals surface area (Å²) in [7, 11) is 3.14. The van der Waals surface area contributed by atoms with E-state index < -0.39 is 0 Å². The molecule has 0 saturated carbocycles. The number of hydrogen-bond acceptors (Lipinski definition) is 6. The van der Waals surface area contributed by atoms with Crippen LogP contribution < -0.4 is 19.7 Å². The number of methoxy groups -OCH3 is 2. The Balaban J connectivity index is 1.38. The van der Waals surface area contributed by atoms with Crippen molar-refractivity contribution in [1.82, 2.24) is 4.98 Å². The van der Waals surface area contributed by atoms with Crippen molar-refractivity contribution in [2.75, 3.05) is 37.5 Å². The molecular formula is C21H22FN3O3S. The van der Waals surface area contributed by atoms with Crippen LogP contribution in [-0.4, -0.2) is 38.2 Å². The number of carbonyl (C=O) groups excluding carboxylic acids is 1. The zero-order valence-corrected chi connectivity index (χ0v) is 17.1. The molecule has 2 aromatic carbocycles. The van der Waals surface area contributed by atoms with Gasteiger partial charge in [0.15, 0.2) is 16.6 Å². The van der Waals surface area contributed by atoms with E-state index in [1.807, 2.05) is 0 Å². The van der Waals surface area contributed by atoms with Crippen molar-refractivity contribution in [3.63, 3.8) is 0 Å². The van der Waals surface area contributed by atoms with Gasteiger partial charge in [-0.1, -0.05) is 11.3 Å². The van der Waals surface area contributed by atoms with Crippen LogP contribution in [0.2, 0.25) is 0 Å². The standard InChI is InChI=1S/C21H22FN3O3S/c1-27-17-6-4-15(12-18(17)28-2)23-20(26)13-7-9-25(10-8-13)21-24-16-5-3-14(22)11-19(16)29-21/h3-6,11-13H,7-10H2,1-2H3,(H,23,26). The topological polar surface area (TPSA) is 63.7 Å². The van der Waals surface area contributed by atoms with Crippen molar-refractivity contribution in [3.05, 3.63) is 42.2 Å². The molecule has 1 saturated heterocycles. The second-order valence-electron chi connectivity index (χ2n) is 6.93. The number of fused-ring (bicyclic) bond motifs is 1. The maximum absolute atomic E-state index is 13.4. The predicted octanol–water partition coefficient (Wildman–Crippen LogP) is 4.31. The quantitative estimate of drug-likeness (QED) is 0.673. The summed E-state index contributed by atoms with van der Waals surface area (Å²) in [6.45, 7) is 1.48. The molecule has 0 bridgehead atoms. The first kappa shape index (κ1) is 19.4. The van der Waals surface area contributed by atoms with Gasteiger partial charge in [-0.15, -0.1) is 0 Å². The first-order chi connectivity index (χ1) is 14.1. The van der Waals surface area contributed by atoms with Crippen LogP contribution in [0, 0.1) is 11.7 Å². The summed E-state index contributed by atoms with van der Waals surface area (Å²) in [5.74, 6) is 0.884. The van der Waals surface area contributed by atoms with Gasteiger partial charge < -0.3 is 19.7 Å². The lowest BCUT2D eigenvalue weighted by Crippen LogP contribution is -2.38. The number of amides is 1. The van der Waals surface area contributed by atoms with Crippen molar-refractivity contribution in [2.45, 2.75) is 12.8 Å². The van der Waals surface area contributed by atoms with Gasteiger partial charge in [0.05, 0.1) is 24.4 Å². The number of halogens is 1. The molecule has 0 aliphatic carbocycles. The summed E-state index contributed by atoms with van der Waals surface area (Å²) >= 11 is 1.49. The normalized spacial score (nSPS) is 14.8. The van der Waals surface area contributed by atoms with E-state index in [0.717, 1.165) is 41.3 Å². The van der Waals surface area contributed by atoms with Gasteiger partial charge in [0.2, 0.25) is 5.91 Å². The number of ether oxygens (including phenoxy) is 2. The van der Waals surface area contributed by atoms with Crippen molar-refractivity contribution in [3.8, 4) is 11.5 Å². The molecule has 1 aliphatic rings. The van der Waals surface area contributed by atoms with E-state index in [2.05, 4.69) is 15.2 Å². The molecule has 0 radical (unpaired) electrons. The van der Waals surface area contributed by atoms with Gasteiger partial charge in [-0.05, 0) is 43.2 Å². The number of nitrogens with one attached hydrogen (secondary N) is 1. The lowest BCUT2D eigenvalue weighted by molar-refractivity contribution is -0.120. The molecule has 1 aromatic heterocycles. The summed E-state index contributed by atoms with van der Waals surface area (Å²) in [4.78, 5) is 19.5. The zero-order valence-electron chi connectivity index (χ0n) is 16.3. The number of benzene rings is 2. The first-order valence-electron chi connectivity index (χ1n) is 9.41. The Hall–Kier alpha value is -2.87. The fourth-order valence-electron chi connectivity index (χ4n) is 3.51. The van der Waals surface area contributed by atoms with Gasteiger partial charge in [-0.3, -0.25) is 4.79 Å². The van der Waals surface area contributed by atoms with Crippen molar-refractivity contribution in [2.24, 2.45) is 5.92 Å². The number of anilines is 2. The Kier molecular flexibility index (Phi) is 5.53. The largest absolute Gasteiger partial charge is 0.493 e. The molecule has 2 heterocycles. The lowest BCUT2D eigenvalue weighted by atomic mass is 9.96. The molecule has 152 valence electrons. The lowest BCUT2D eigenvalue weighted by Gasteiger charge is -2.31. The summed E-state index contributed by atoms with van der Waals surface area (Å²) in [5, 5.41) is 3.85. The molecule has 4 rings (SSSR count). The van der Waals surface area contributed by atoms with Crippen LogP contribution in [0.3, 0.4) is 0 Å². The van der Waals surface area contributed by atoms with Gasteiger partial charge in [0.25, 0.3) is 0 Å². The molecule has 29 heavy (non-hydrogen) atoms. The van der Waals surface area contributed by atoms with Gasteiger partial charge >= 0.3 is 0 Å². The molecular weight excluding hydrogens is 393 g/mol. The monoisotopic (exact) mass is 415 g/mol. The van der Waals surface area contributed by atoms with Crippen LogP contribution >= 0.6 is 11.3 Å². The third-order valence-corrected chi connectivity index (χ3v) is 6.21. The number of nitrogens with zero attached hydrogens (tertiary/aromatic N) is 2. The molecule has 0 atom stereocenters. The van der Waals surface area contributed by atoms with Gasteiger partial charge in [0.1, 0.15) is 5.82 Å².